The van der Waals surface area contributed by atoms with Gasteiger partial charge in [-0.05, 0) is 24.8 Å². The Hall–Kier alpha value is -1.49. The Morgan fingerprint density at radius 3 is 3.00 bits per heavy atom. The molecule has 88 valence electrons. The second kappa shape index (κ2) is 5.03. The van der Waals surface area contributed by atoms with Crippen molar-refractivity contribution in [2.75, 3.05) is 25.1 Å². The maximum Gasteiger partial charge on any atom is 0.371 e. The van der Waals surface area contributed by atoms with Crippen molar-refractivity contribution in [3.63, 3.8) is 0 Å². The number of rotatable bonds is 7. The molecule has 5 heteroatoms. The number of anilines is 1. The Balaban J connectivity index is 1.62. The van der Waals surface area contributed by atoms with Gasteiger partial charge in [0.25, 0.3) is 0 Å². The molecule has 0 spiro atoms. The Morgan fingerprint density at radius 1 is 1.56 bits per heavy atom. The number of furan rings is 1. The second-order valence-electron chi connectivity index (χ2n) is 3.91. The zero-order valence-electron chi connectivity index (χ0n) is 8.94. The van der Waals surface area contributed by atoms with Gasteiger partial charge in [0, 0.05) is 19.2 Å². The van der Waals surface area contributed by atoms with E-state index in [-0.39, 0.29) is 5.76 Å². The molecule has 5 nitrogen and oxygen atoms in total. The lowest BCUT2D eigenvalue weighted by Gasteiger charge is -2.03. The van der Waals surface area contributed by atoms with Crippen LogP contribution >= 0.6 is 0 Å². The highest BCUT2D eigenvalue weighted by Crippen LogP contribution is 2.28. The van der Waals surface area contributed by atoms with Gasteiger partial charge in [0.05, 0.1) is 6.61 Å². The highest BCUT2D eigenvalue weighted by atomic mass is 16.5. The molecule has 1 aliphatic carbocycles. The van der Waals surface area contributed by atoms with E-state index in [1.54, 1.807) is 6.07 Å². The predicted octanol–water partition coefficient (Wildman–Crippen LogP) is 1.82. The summed E-state index contributed by atoms with van der Waals surface area (Å²) in [5, 5.41) is 11.6. The number of aromatic carboxylic acids is 1. The number of hydrogen-bond acceptors (Lipinski definition) is 4. The molecule has 0 aliphatic heterocycles. The van der Waals surface area contributed by atoms with Crippen molar-refractivity contribution in [2.24, 2.45) is 5.92 Å². The molecule has 0 unspecified atom stereocenters. The van der Waals surface area contributed by atoms with Crippen molar-refractivity contribution in [1.82, 2.24) is 0 Å². The minimum Gasteiger partial charge on any atom is -0.475 e. The maximum atomic E-state index is 10.5. The van der Waals surface area contributed by atoms with Crippen molar-refractivity contribution in [3.05, 3.63) is 17.9 Å². The standard InChI is InChI=1S/C11H15NO4/c13-11(14)9-3-4-10(16-9)12-5-6-15-7-8-1-2-8/h3-4,8,12H,1-2,5-7H2,(H,13,14). The number of carbonyl (C=O) groups is 1. The average Bonchev–Trinajstić information content (AvgIpc) is 2.94. The summed E-state index contributed by atoms with van der Waals surface area (Å²) in [5.41, 5.74) is 0. The molecule has 2 N–H and O–H groups in total. The molecular formula is C11H15NO4. The zero-order valence-corrected chi connectivity index (χ0v) is 8.94. The monoisotopic (exact) mass is 225 g/mol. The summed E-state index contributed by atoms with van der Waals surface area (Å²) in [7, 11) is 0. The van der Waals surface area contributed by atoms with Crippen LogP contribution in [0.1, 0.15) is 23.4 Å². The first kappa shape index (κ1) is 11.0. The van der Waals surface area contributed by atoms with Crippen molar-refractivity contribution >= 4 is 11.9 Å². The third kappa shape index (κ3) is 3.27. The fourth-order valence-corrected chi connectivity index (χ4v) is 1.33. The van der Waals surface area contributed by atoms with Gasteiger partial charge in [0.2, 0.25) is 5.76 Å². The number of hydrogen-bond donors (Lipinski definition) is 2. The highest BCUT2D eigenvalue weighted by Gasteiger charge is 2.20. The summed E-state index contributed by atoms with van der Waals surface area (Å²) in [6.45, 7) is 2.07. The first-order valence-electron chi connectivity index (χ1n) is 5.40. The summed E-state index contributed by atoms with van der Waals surface area (Å²) in [4.78, 5) is 10.5. The minimum atomic E-state index is -1.06. The largest absolute Gasteiger partial charge is 0.475 e. The summed E-state index contributed by atoms with van der Waals surface area (Å²) >= 11 is 0. The van der Waals surface area contributed by atoms with Gasteiger partial charge in [-0.2, -0.15) is 0 Å². The fraction of sp³-hybridized carbons (Fsp3) is 0.545. The molecule has 1 aromatic rings. The molecule has 0 aromatic carbocycles. The predicted molar refractivity (Wildman–Crippen MR) is 57.7 cm³/mol. The molecule has 1 aliphatic rings. The fourth-order valence-electron chi connectivity index (χ4n) is 1.33. The Kier molecular flexibility index (Phi) is 3.46. The lowest BCUT2D eigenvalue weighted by atomic mass is 10.4. The summed E-state index contributed by atoms with van der Waals surface area (Å²) in [5.74, 6) is 0.120. The molecule has 0 radical (unpaired) electrons. The van der Waals surface area contributed by atoms with Crippen LogP contribution in [0.25, 0.3) is 0 Å². The van der Waals surface area contributed by atoms with Gasteiger partial charge in [-0.25, -0.2) is 4.79 Å². The summed E-state index contributed by atoms with van der Waals surface area (Å²) in [6, 6.07) is 3.03. The number of carboxylic acids is 1. The SMILES string of the molecule is O=C(O)c1ccc(NCCOCC2CC2)o1. The van der Waals surface area contributed by atoms with E-state index in [4.69, 9.17) is 14.3 Å². The van der Waals surface area contributed by atoms with E-state index in [0.717, 1.165) is 12.5 Å². The van der Waals surface area contributed by atoms with Crippen LogP contribution in [0.2, 0.25) is 0 Å². The number of carboxylic acid groups (broad SMARTS) is 1. The molecule has 1 heterocycles. The molecule has 1 fully saturated rings. The third-order valence-electron chi connectivity index (χ3n) is 2.41. The summed E-state index contributed by atoms with van der Waals surface area (Å²) in [6.07, 6.45) is 2.57. The molecule has 1 saturated carbocycles. The molecule has 0 bridgehead atoms. The van der Waals surface area contributed by atoms with Gasteiger partial charge in [-0.15, -0.1) is 0 Å². The van der Waals surface area contributed by atoms with Crippen LogP contribution in [-0.4, -0.2) is 30.8 Å². The van der Waals surface area contributed by atoms with Crippen LogP contribution in [-0.2, 0) is 4.74 Å². The van der Waals surface area contributed by atoms with Crippen molar-refractivity contribution in [3.8, 4) is 0 Å². The van der Waals surface area contributed by atoms with Crippen molar-refractivity contribution < 1.29 is 19.1 Å². The van der Waals surface area contributed by atoms with Crippen LogP contribution in [0.5, 0.6) is 0 Å². The Bertz CT molecular complexity index is 357. The molecule has 0 atom stereocenters. The molecule has 0 saturated heterocycles. The van der Waals surface area contributed by atoms with Gasteiger partial charge >= 0.3 is 5.97 Å². The van der Waals surface area contributed by atoms with E-state index < -0.39 is 5.97 Å². The smallest absolute Gasteiger partial charge is 0.371 e. The normalized spacial score (nSPS) is 15.0. The average molecular weight is 225 g/mol. The number of nitrogens with one attached hydrogen (secondary N) is 1. The van der Waals surface area contributed by atoms with Gasteiger partial charge in [-0.1, -0.05) is 0 Å². The molecule has 2 rings (SSSR count). The molecule has 1 aromatic heterocycles. The van der Waals surface area contributed by atoms with Crippen molar-refractivity contribution in [1.29, 1.82) is 0 Å². The lowest BCUT2D eigenvalue weighted by molar-refractivity contribution is 0.0663. The van der Waals surface area contributed by atoms with Crippen molar-refractivity contribution in [2.45, 2.75) is 12.8 Å². The molecular weight excluding hydrogens is 210 g/mol. The first-order valence-corrected chi connectivity index (χ1v) is 5.40. The van der Waals surface area contributed by atoms with Gasteiger partial charge < -0.3 is 19.6 Å². The molecule has 0 amide bonds. The van der Waals surface area contributed by atoms with E-state index in [2.05, 4.69) is 5.32 Å². The Labute approximate surface area is 93.4 Å². The van der Waals surface area contributed by atoms with Crippen LogP contribution in [0.4, 0.5) is 5.88 Å². The maximum absolute atomic E-state index is 10.5. The van der Waals surface area contributed by atoms with E-state index >= 15 is 0 Å². The second-order valence-corrected chi connectivity index (χ2v) is 3.91. The van der Waals surface area contributed by atoms with Crippen LogP contribution in [0.15, 0.2) is 16.5 Å². The van der Waals surface area contributed by atoms with Gasteiger partial charge in [0.15, 0.2) is 5.88 Å². The lowest BCUT2D eigenvalue weighted by Crippen LogP contribution is -2.10. The quantitative estimate of drug-likeness (QED) is 0.692. The van der Waals surface area contributed by atoms with E-state index in [9.17, 15) is 4.79 Å². The van der Waals surface area contributed by atoms with E-state index in [0.29, 0.717) is 19.0 Å². The molecule has 16 heavy (non-hydrogen) atoms. The minimum absolute atomic E-state index is 0.0543. The summed E-state index contributed by atoms with van der Waals surface area (Å²) < 4.78 is 10.4. The van der Waals surface area contributed by atoms with Gasteiger partial charge in [-0.3, -0.25) is 0 Å². The van der Waals surface area contributed by atoms with E-state index in [1.807, 2.05) is 0 Å². The Morgan fingerprint density at radius 2 is 2.38 bits per heavy atom. The van der Waals surface area contributed by atoms with Gasteiger partial charge in [0.1, 0.15) is 0 Å². The van der Waals surface area contributed by atoms with E-state index in [1.165, 1.54) is 18.9 Å². The third-order valence-corrected chi connectivity index (χ3v) is 2.41. The number of ether oxygens (including phenoxy) is 1. The van der Waals surface area contributed by atoms with Crippen LogP contribution in [0, 0.1) is 5.92 Å². The topological polar surface area (TPSA) is 71.7 Å². The highest BCUT2D eigenvalue weighted by molar-refractivity contribution is 5.84. The van der Waals surface area contributed by atoms with Crippen LogP contribution < -0.4 is 5.32 Å². The van der Waals surface area contributed by atoms with Crippen LogP contribution in [0.3, 0.4) is 0 Å². The zero-order chi connectivity index (χ0) is 11.4. The first-order chi connectivity index (χ1) is 7.75.